The van der Waals surface area contributed by atoms with E-state index in [1.165, 1.54) is 16.2 Å². The van der Waals surface area contributed by atoms with Crippen LogP contribution in [0, 0.1) is 11.6 Å². The van der Waals surface area contributed by atoms with Crippen molar-refractivity contribution in [2.45, 2.75) is 13.0 Å². The number of halogens is 2. The first-order chi connectivity index (χ1) is 12.0. The molecule has 4 nitrogen and oxygen atoms in total. The highest BCUT2D eigenvalue weighted by molar-refractivity contribution is 7.18. The molecule has 0 saturated heterocycles. The number of benzene rings is 2. The summed E-state index contributed by atoms with van der Waals surface area (Å²) in [4.78, 5) is 18.3. The maximum Gasteiger partial charge on any atom is 0.260 e. The molecule has 0 aliphatic rings. The molecule has 1 aromatic heterocycles. The van der Waals surface area contributed by atoms with Crippen molar-refractivity contribution >= 4 is 27.5 Å². The zero-order chi connectivity index (χ0) is 18.0. The SMILES string of the molecule is CC(c1nc2ccccc2s1)N(C)C(=O)COc1ccc(F)cc1F. The summed E-state index contributed by atoms with van der Waals surface area (Å²) < 4.78 is 32.6. The van der Waals surface area contributed by atoms with Gasteiger partial charge in [-0.1, -0.05) is 12.1 Å². The highest BCUT2D eigenvalue weighted by atomic mass is 32.1. The third-order valence-electron chi connectivity index (χ3n) is 3.89. The molecular formula is C18H16F2N2O2S. The third kappa shape index (κ3) is 3.76. The number of fused-ring (bicyclic) bond motifs is 1. The van der Waals surface area contributed by atoms with Gasteiger partial charge in [-0.2, -0.15) is 0 Å². The van der Waals surface area contributed by atoms with Crippen molar-refractivity contribution in [3.8, 4) is 5.75 Å². The number of aromatic nitrogens is 1. The van der Waals surface area contributed by atoms with Gasteiger partial charge in [0.05, 0.1) is 16.3 Å². The minimum absolute atomic E-state index is 0.157. The number of amides is 1. The normalized spacial score (nSPS) is 12.2. The van der Waals surface area contributed by atoms with Crippen molar-refractivity contribution in [2.24, 2.45) is 0 Å². The number of hydrogen-bond donors (Lipinski definition) is 0. The van der Waals surface area contributed by atoms with Crippen LogP contribution in [-0.2, 0) is 4.79 Å². The van der Waals surface area contributed by atoms with Crippen LogP contribution in [0.2, 0.25) is 0 Å². The molecule has 25 heavy (non-hydrogen) atoms. The number of carbonyl (C=O) groups is 1. The average Bonchev–Trinajstić information content (AvgIpc) is 3.03. The average molecular weight is 362 g/mol. The highest BCUT2D eigenvalue weighted by Gasteiger charge is 2.21. The summed E-state index contributed by atoms with van der Waals surface area (Å²) in [5.74, 6) is -2.02. The fourth-order valence-corrected chi connectivity index (χ4v) is 3.35. The number of ether oxygens (including phenoxy) is 1. The Morgan fingerprint density at radius 2 is 2.04 bits per heavy atom. The monoisotopic (exact) mass is 362 g/mol. The van der Waals surface area contributed by atoms with Gasteiger partial charge in [-0.25, -0.2) is 13.8 Å². The summed E-state index contributed by atoms with van der Waals surface area (Å²) in [5, 5.41) is 0.810. The van der Waals surface area contributed by atoms with Crippen LogP contribution in [0.1, 0.15) is 18.0 Å². The molecule has 3 rings (SSSR count). The summed E-state index contributed by atoms with van der Waals surface area (Å²) in [6.07, 6.45) is 0. The molecular weight excluding hydrogens is 346 g/mol. The molecule has 7 heteroatoms. The van der Waals surface area contributed by atoms with Crippen molar-refractivity contribution in [1.29, 1.82) is 0 Å². The number of likely N-dealkylation sites (N-methyl/N-ethyl adjacent to an activating group) is 1. The molecule has 1 atom stereocenters. The van der Waals surface area contributed by atoms with Crippen LogP contribution in [0.4, 0.5) is 8.78 Å². The van der Waals surface area contributed by atoms with E-state index in [1.54, 1.807) is 7.05 Å². The Kier molecular flexibility index (Phi) is 4.94. The Bertz CT molecular complexity index is 880. The molecule has 1 unspecified atom stereocenters. The lowest BCUT2D eigenvalue weighted by Crippen LogP contribution is -2.33. The number of rotatable bonds is 5. The standard InChI is InChI=1S/C18H16F2N2O2S/c1-11(18-21-14-5-3-4-6-16(14)25-18)22(2)17(23)10-24-15-8-7-12(19)9-13(15)20/h3-9,11H,10H2,1-2H3. The van der Waals surface area contributed by atoms with Gasteiger partial charge in [-0.3, -0.25) is 4.79 Å². The Hall–Kier alpha value is -2.54. The van der Waals surface area contributed by atoms with Crippen LogP contribution >= 0.6 is 11.3 Å². The van der Waals surface area contributed by atoms with Crippen LogP contribution in [0.15, 0.2) is 42.5 Å². The third-order valence-corrected chi connectivity index (χ3v) is 5.09. The zero-order valence-electron chi connectivity index (χ0n) is 13.7. The van der Waals surface area contributed by atoms with Gasteiger partial charge in [0, 0.05) is 13.1 Å². The lowest BCUT2D eigenvalue weighted by Gasteiger charge is -2.23. The maximum atomic E-state index is 13.5. The number of thiazole rings is 1. The van der Waals surface area contributed by atoms with Gasteiger partial charge in [0.25, 0.3) is 5.91 Å². The summed E-state index contributed by atoms with van der Waals surface area (Å²) in [5.41, 5.74) is 0.889. The van der Waals surface area contributed by atoms with Gasteiger partial charge in [0.2, 0.25) is 0 Å². The highest BCUT2D eigenvalue weighted by Crippen LogP contribution is 2.29. The molecule has 0 aliphatic heterocycles. The Morgan fingerprint density at radius 3 is 2.76 bits per heavy atom. The van der Waals surface area contributed by atoms with Crippen LogP contribution in [0.5, 0.6) is 5.75 Å². The second kappa shape index (κ2) is 7.14. The van der Waals surface area contributed by atoms with Gasteiger partial charge in [-0.05, 0) is 31.2 Å². The van der Waals surface area contributed by atoms with Gasteiger partial charge in [0.15, 0.2) is 18.2 Å². The van der Waals surface area contributed by atoms with Crippen molar-refractivity contribution < 1.29 is 18.3 Å². The van der Waals surface area contributed by atoms with E-state index in [2.05, 4.69) is 4.98 Å². The number of hydrogen-bond acceptors (Lipinski definition) is 4. The zero-order valence-corrected chi connectivity index (χ0v) is 14.5. The molecule has 2 aromatic carbocycles. The molecule has 0 aliphatic carbocycles. The fraction of sp³-hybridized carbons (Fsp3) is 0.222. The maximum absolute atomic E-state index is 13.5. The predicted molar refractivity (Wildman–Crippen MR) is 92.7 cm³/mol. The van der Waals surface area contributed by atoms with E-state index in [-0.39, 0.29) is 24.3 Å². The second-order valence-electron chi connectivity index (χ2n) is 5.56. The van der Waals surface area contributed by atoms with Crippen LogP contribution in [-0.4, -0.2) is 29.4 Å². The summed E-state index contributed by atoms with van der Waals surface area (Å²) in [7, 11) is 1.64. The largest absolute Gasteiger partial charge is 0.481 e. The van der Waals surface area contributed by atoms with E-state index in [9.17, 15) is 13.6 Å². The van der Waals surface area contributed by atoms with E-state index in [0.29, 0.717) is 6.07 Å². The van der Waals surface area contributed by atoms with Crippen LogP contribution in [0.3, 0.4) is 0 Å². The lowest BCUT2D eigenvalue weighted by atomic mass is 10.3. The first kappa shape index (κ1) is 17.3. The van der Waals surface area contributed by atoms with E-state index < -0.39 is 11.6 Å². The molecule has 0 fully saturated rings. The van der Waals surface area contributed by atoms with E-state index in [1.807, 2.05) is 31.2 Å². The van der Waals surface area contributed by atoms with Gasteiger partial charge in [-0.15, -0.1) is 11.3 Å². The van der Waals surface area contributed by atoms with Crippen molar-refractivity contribution in [3.63, 3.8) is 0 Å². The molecule has 0 spiro atoms. The molecule has 3 aromatic rings. The topological polar surface area (TPSA) is 42.4 Å². The predicted octanol–water partition coefficient (Wildman–Crippen LogP) is 4.17. The summed E-state index contributed by atoms with van der Waals surface area (Å²) in [6, 6.07) is 10.5. The smallest absolute Gasteiger partial charge is 0.260 e. The van der Waals surface area contributed by atoms with Crippen LogP contribution in [0.25, 0.3) is 10.2 Å². The summed E-state index contributed by atoms with van der Waals surface area (Å²) in [6.45, 7) is 1.53. The molecule has 0 bridgehead atoms. The van der Waals surface area contributed by atoms with Crippen molar-refractivity contribution in [3.05, 3.63) is 59.1 Å². The lowest BCUT2D eigenvalue weighted by molar-refractivity contribution is -0.134. The van der Waals surface area contributed by atoms with Crippen LogP contribution < -0.4 is 4.74 Å². The Morgan fingerprint density at radius 1 is 1.28 bits per heavy atom. The fourth-order valence-electron chi connectivity index (χ4n) is 2.28. The quantitative estimate of drug-likeness (QED) is 0.684. The molecule has 130 valence electrons. The second-order valence-corrected chi connectivity index (χ2v) is 6.63. The van der Waals surface area contributed by atoms with Gasteiger partial charge in [0.1, 0.15) is 10.8 Å². The Labute approximate surface area is 147 Å². The number of carbonyl (C=O) groups excluding carboxylic acids is 1. The van der Waals surface area contributed by atoms with Gasteiger partial charge < -0.3 is 9.64 Å². The minimum Gasteiger partial charge on any atom is -0.481 e. The molecule has 1 heterocycles. The minimum atomic E-state index is -0.838. The molecule has 0 radical (unpaired) electrons. The molecule has 0 N–H and O–H groups in total. The first-order valence-corrected chi connectivity index (χ1v) is 8.46. The first-order valence-electron chi connectivity index (χ1n) is 7.64. The van der Waals surface area contributed by atoms with Crippen molar-refractivity contribution in [2.75, 3.05) is 13.7 Å². The van der Waals surface area contributed by atoms with Crippen molar-refractivity contribution in [1.82, 2.24) is 9.88 Å². The van der Waals surface area contributed by atoms with E-state index >= 15 is 0 Å². The van der Waals surface area contributed by atoms with Gasteiger partial charge >= 0.3 is 0 Å². The number of nitrogens with zero attached hydrogens (tertiary/aromatic N) is 2. The molecule has 0 saturated carbocycles. The Balaban J connectivity index is 1.66. The summed E-state index contributed by atoms with van der Waals surface area (Å²) >= 11 is 1.52. The molecule has 1 amide bonds. The van der Waals surface area contributed by atoms with E-state index in [0.717, 1.165) is 27.4 Å². The van der Waals surface area contributed by atoms with E-state index in [4.69, 9.17) is 4.74 Å². The number of para-hydroxylation sites is 1.